The van der Waals surface area contributed by atoms with E-state index in [1.165, 1.54) is 37.7 Å². The highest BCUT2D eigenvalue weighted by molar-refractivity contribution is 7.92. The van der Waals surface area contributed by atoms with Crippen molar-refractivity contribution in [3.8, 4) is 11.5 Å². The number of nitrogens with zero attached hydrogens (tertiary/aromatic N) is 1. The van der Waals surface area contributed by atoms with Crippen LogP contribution in [0.4, 0.5) is 5.69 Å². The maximum atomic E-state index is 13.5. The van der Waals surface area contributed by atoms with E-state index in [0.717, 1.165) is 70.4 Å². The first-order valence-corrected chi connectivity index (χ1v) is 16.7. The van der Waals surface area contributed by atoms with Gasteiger partial charge < -0.3 is 15.4 Å². The third-order valence-corrected chi connectivity index (χ3v) is 8.74. The van der Waals surface area contributed by atoms with Gasteiger partial charge in [0, 0.05) is 31.9 Å². The summed E-state index contributed by atoms with van der Waals surface area (Å²) >= 11 is 0. The van der Waals surface area contributed by atoms with Crippen molar-refractivity contribution in [3.63, 3.8) is 0 Å². The third kappa shape index (κ3) is 11.2. The van der Waals surface area contributed by atoms with Crippen molar-refractivity contribution in [2.24, 2.45) is 5.92 Å². The molecule has 0 atom stereocenters. The van der Waals surface area contributed by atoms with Gasteiger partial charge in [-0.3, -0.25) is 14.4 Å². The molecular weight excluding hydrogens is 595 g/mol. The largest absolute Gasteiger partial charge is 0.457 e. The number of ether oxygens (including phenoxy) is 1. The quantitative estimate of drug-likeness (QED) is 0.228. The van der Waals surface area contributed by atoms with E-state index in [1.54, 1.807) is 24.3 Å². The Labute approximate surface area is 264 Å². The summed E-state index contributed by atoms with van der Waals surface area (Å²) in [5.74, 6) is 2.18. The number of likely N-dealkylation sites (tertiary alicyclic amines) is 1. The number of hydrogen-bond donors (Lipinski definition) is 3. The zero-order valence-electron chi connectivity index (χ0n) is 24.9. The normalized spacial score (nSPS) is 17.4. The highest BCUT2D eigenvalue weighted by Gasteiger charge is 2.40. The van der Waals surface area contributed by atoms with E-state index in [-0.39, 0.29) is 30.7 Å². The number of sulfonamides is 1. The first-order valence-electron chi connectivity index (χ1n) is 14.8. The van der Waals surface area contributed by atoms with Gasteiger partial charge in [-0.15, -0.1) is 24.8 Å². The van der Waals surface area contributed by atoms with Crippen LogP contribution in [0.5, 0.6) is 11.5 Å². The lowest BCUT2D eigenvalue weighted by Gasteiger charge is -2.41. The van der Waals surface area contributed by atoms with Crippen LogP contribution in [-0.2, 0) is 21.4 Å². The van der Waals surface area contributed by atoms with Gasteiger partial charge in [-0.05, 0) is 86.5 Å². The van der Waals surface area contributed by atoms with Gasteiger partial charge in [0.2, 0.25) is 15.9 Å². The van der Waals surface area contributed by atoms with Crippen LogP contribution in [0.15, 0.2) is 48.5 Å². The van der Waals surface area contributed by atoms with Crippen LogP contribution < -0.4 is 20.1 Å². The van der Waals surface area contributed by atoms with E-state index < -0.39 is 15.6 Å². The molecule has 236 valence electrons. The molecule has 8 nitrogen and oxygen atoms in total. The molecule has 0 aromatic heterocycles. The average Bonchev–Trinajstić information content (AvgIpc) is 2.95. The van der Waals surface area contributed by atoms with Crippen molar-refractivity contribution in [2.45, 2.75) is 76.8 Å². The predicted octanol–water partition coefficient (Wildman–Crippen LogP) is 6.11. The molecule has 0 spiro atoms. The number of nitrogens with one attached hydrogen (secondary N) is 3. The Hall–Kier alpha value is -2.04. The van der Waals surface area contributed by atoms with Crippen molar-refractivity contribution < 1.29 is 17.9 Å². The predicted molar refractivity (Wildman–Crippen MR) is 176 cm³/mol. The van der Waals surface area contributed by atoms with E-state index in [9.17, 15) is 13.2 Å². The first kappa shape index (κ1) is 36.2. The Bertz CT molecular complexity index is 1180. The molecule has 2 aromatic carbocycles. The molecule has 1 saturated carbocycles. The molecule has 2 aromatic rings. The summed E-state index contributed by atoms with van der Waals surface area (Å²) in [5.41, 5.74) is 1.23. The summed E-state index contributed by atoms with van der Waals surface area (Å²) in [5, 5.41) is 6.99. The van der Waals surface area contributed by atoms with E-state index in [0.29, 0.717) is 17.4 Å². The highest BCUT2D eigenvalue weighted by Crippen LogP contribution is 2.28. The Balaban J connectivity index is 0.00000308. The van der Waals surface area contributed by atoms with Crippen LogP contribution in [0, 0.1) is 5.92 Å². The number of unbranched alkanes of at least 4 members (excludes halogenated alkanes) is 1. The van der Waals surface area contributed by atoms with E-state index >= 15 is 0 Å². The molecule has 11 heteroatoms. The van der Waals surface area contributed by atoms with Crippen LogP contribution in [0.2, 0.25) is 0 Å². The topological polar surface area (TPSA) is 99.8 Å². The number of benzene rings is 2. The molecule has 1 aliphatic carbocycles. The van der Waals surface area contributed by atoms with Crippen LogP contribution in [0.25, 0.3) is 0 Å². The lowest BCUT2D eigenvalue weighted by atomic mass is 9.85. The molecule has 42 heavy (non-hydrogen) atoms. The standard InChI is InChI=1S/C31H46N4O4S.2ClH/c1-3-4-20-33-31(30(36)32-23-25-8-6-5-7-9-25)18-21-35(22-19-31)24-26-10-14-28(15-11-26)39-29-16-12-27(13-17-29)34-40(2,37)38;;/h10-17,25,33-34H,3-9,18-24H2,1-2H3,(H,32,36);2*1H. The lowest BCUT2D eigenvalue weighted by Crippen LogP contribution is -2.62. The average molecular weight is 644 g/mol. The van der Waals surface area contributed by atoms with Crippen LogP contribution >= 0.6 is 24.8 Å². The molecule has 0 bridgehead atoms. The minimum atomic E-state index is -3.31. The zero-order valence-corrected chi connectivity index (χ0v) is 27.4. The molecule has 4 rings (SSSR count). The Morgan fingerprint density at radius 1 is 0.952 bits per heavy atom. The summed E-state index contributed by atoms with van der Waals surface area (Å²) in [7, 11) is -3.31. The van der Waals surface area contributed by atoms with Gasteiger partial charge in [-0.1, -0.05) is 44.7 Å². The fourth-order valence-corrected chi connectivity index (χ4v) is 6.31. The molecular formula is C31H48Cl2N4O4S. The molecule has 1 saturated heterocycles. The third-order valence-electron chi connectivity index (χ3n) is 8.14. The molecule has 3 N–H and O–H groups in total. The summed E-state index contributed by atoms with van der Waals surface area (Å²) in [4.78, 5) is 15.9. The molecule has 1 amide bonds. The SMILES string of the molecule is CCCCNC1(C(=O)NCC2CCCCC2)CCN(Cc2ccc(Oc3ccc(NS(C)(=O)=O)cc3)cc2)CC1.Cl.Cl. The zero-order chi connectivity index (χ0) is 28.4. The van der Waals surface area contributed by atoms with Crippen molar-refractivity contribution in [1.29, 1.82) is 0 Å². The Morgan fingerprint density at radius 3 is 2.12 bits per heavy atom. The summed E-state index contributed by atoms with van der Waals surface area (Å²) in [6.07, 6.45) is 11.4. The highest BCUT2D eigenvalue weighted by atomic mass is 35.5. The van der Waals surface area contributed by atoms with Crippen LogP contribution in [-0.4, -0.2) is 57.2 Å². The number of carbonyl (C=O) groups excluding carboxylic acids is 1. The lowest BCUT2D eigenvalue weighted by molar-refractivity contribution is -0.130. The molecule has 0 radical (unpaired) electrons. The molecule has 1 heterocycles. The van der Waals surface area contributed by atoms with Gasteiger partial charge in [0.05, 0.1) is 6.26 Å². The second kappa shape index (κ2) is 17.3. The van der Waals surface area contributed by atoms with Crippen molar-refractivity contribution in [3.05, 3.63) is 54.1 Å². The first-order chi connectivity index (χ1) is 19.2. The van der Waals surface area contributed by atoms with Crippen molar-refractivity contribution >= 4 is 46.4 Å². The van der Waals surface area contributed by atoms with Crippen LogP contribution in [0.1, 0.15) is 70.3 Å². The molecule has 2 aliphatic rings. The maximum absolute atomic E-state index is 13.5. The monoisotopic (exact) mass is 642 g/mol. The van der Waals surface area contributed by atoms with E-state index in [4.69, 9.17) is 4.74 Å². The number of anilines is 1. The van der Waals surface area contributed by atoms with Crippen molar-refractivity contribution in [1.82, 2.24) is 15.5 Å². The minimum absolute atomic E-state index is 0. The number of amides is 1. The van der Waals surface area contributed by atoms with E-state index in [2.05, 4.69) is 39.3 Å². The van der Waals surface area contributed by atoms with Gasteiger partial charge in [-0.25, -0.2) is 8.42 Å². The summed E-state index contributed by atoms with van der Waals surface area (Å²) in [6, 6.07) is 14.9. The Morgan fingerprint density at radius 2 is 1.55 bits per heavy atom. The minimum Gasteiger partial charge on any atom is -0.457 e. The maximum Gasteiger partial charge on any atom is 0.240 e. The molecule has 1 aliphatic heterocycles. The number of hydrogen-bond acceptors (Lipinski definition) is 6. The number of piperidine rings is 1. The second-order valence-corrected chi connectivity index (χ2v) is 13.2. The summed E-state index contributed by atoms with van der Waals surface area (Å²) < 4.78 is 31.1. The van der Waals surface area contributed by atoms with Crippen LogP contribution in [0.3, 0.4) is 0 Å². The van der Waals surface area contributed by atoms with Gasteiger partial charge in [0.1, 0.15) is 17.0 Å². The van der Waals surface area contributed by atoms with Gasteiger partial charge in [-0.2, -0.15) is 0 Å². The number of rotatable bonds is 13. The molecule has 0 unspecified atom stereocenters. The molecule has 2 fully saturated rings. The van der Waals surface area contributed by atoms with Gasteiger partial charge >= 0.3 is 0 Å². The van der Waals surface area contributed by atoms with E-state index in [1.807, 2.05) is 12.1 Å². The second-order valence-electron chi connectivity index (χ2n) is 11.5. The number of halogens is 2. The Kier molecular flexibility index (Phi) is 14.9. The fourth-order valence-electron chi connectivity index (χ4n) is 5.74. The van der Waals surface area contributed by atoms with Crippen molar-refractivity contribution in [2.75, 3.05) is 37.2 Å². The summed E-state index contributed by atoms with van der Waals surface area (Å²) in [6.45, 7) is 6.47. The van der Waals surface area contributed by atoms with Gasteiger partial charge in [0.15, 0.2) is 0 Å². The smallest absolute Gasteiger partial charge is 0.240 e. The van der Waals surface area contributed by atoms with Gasteiger partial charge in [0.25, 0.3) is 0 Å². The number of carbonyl (C=O) groups is 1. The fraction of sp³-hybridized carbons (Fsp3) is 0.581.